The summed E-state index contributed by atoms with van der Waals surface area (Å²) in [5.74, 6) is -1.42. The molecule has 62 valence electrons. The second-order valence-electron chi connectivity index (χ2n) is 1.83. The highest BCUT2D eigenvalue weighted by atomic mass is 35.5. The zero-order chi connectivity index (χ0) is 7.72. The Morgan fingerprint density at radius 1 is 1.27 bits per heavy atom. The summed E-state index contributed by atoms with van der Waals surface area (Å²) in [7, 11) is 0. The van der Waals surface area contributed by atoms with Gasteiger partial charge in [-0.15, -0.1) is 25.0 Å². The summed E-state index contributed by atoms with van der Waals surface area (Å²) in [6, 6.07) is 1.75. The van der Waals surface area contributed by atoms with Gasteiger partial charge in [-0.05, 0) is 6.07 Å². The normalized spacial score (nSPS) is 9.00. The van der Waals surface area contributed by atoms with Crippen molar-refractivity contribution in [3.63, 3.8) is 0 Å². The summed E-state index contributed by atoms with van der Waals surface area (Å²) < 4.78 is 24.7. The summed E-state index contributed by atoms with van der Waals surface area (Å²) in [5, 5.41) is 0. The first-order valence-electron chi connectivity index (χ1n) is 2.54. The van der Waals surface area contributed by atoms with Gasteiger partial charge in [-0.25, -0.2) is 8.78 Å². The van der Waals surface area contributed by atoms with E-state index in [4.69, 9.17) is 5.73 Å². The van der Waals surface area contributed by atoms with Gasteiger partial charge in [0.25, 0.3) is 0 Å². The van der Waals surface area contributed by atoms with E-state index in [1.807, 2.05) is 0 Å². The van der Waals surface area contributed by atoms with E-state index in [9.17, 15) is 8.78 Å². The van der Waals surface area contributed by atoms with Crippen LogP contribution < -0.4 is 5.73 Å². The molecule has 0 saturated carbocycles. The van der Waals surface area contributed by atoms with Crippen molar-refractivity contribution in [2.24, 2.45) is 0 Å². The highest BCUT2D eigenvalue weighted by Gasteiger charge is 2.03. The number of anilines is 1. The first-order valence-corrected chi connectivity index (χ1v) is 2.99. The zero-order valence-corrected chi connectivity index (χ0v) is 7.05. The molecule has 1 nitrogen and oxygen atoms in total. The molecule has 0 amide bonds. The van der Waals surface area contributed by atoms with Crippen LogP contribution in [0.5, 0.6) is 0 Å². The second kappa shape index (κ2) is 3.78. The molecule has 0 heterocycles. The minimum atomic E-state index is -0.735. The fraction of sp³-hybridized carbons (Fsp3) is 0. The van der Waals surface area contributed by atoms with Gasteiger partial charge in [0.2, 0.25) is 0 Å². The molecular weight excluding hydrogens is 192 g/mol. The minimum Gasteiger partial charge on any atom is -0.398 e. The smallest absolute Gasteiger partial charge is 0.141 e. The van der Waals surface area contributed by atoms with Gasteiger partial charge in [-0.1, -0.05) is 0 Å². The molecule has 0 aromatic heterocycles. The standard InChI is InChI=1S/C6H5F2NS.ClH/c7-3-1-4(8)6(10)5(9)2-3;/h1-2,10H,9H2;1H. The largest absolute Gasteiger partial charge is 0.398 e. The van der Waals surface area contributed by atoms with Gasteiger partial charge in [0.1, 0.15) is 11.6 Å². The molecule has 0 aliphatic heterocycles. The van der Waals surface area contributed by atoms with Crippen LogP contribution in [0.15, 0.2) is 17.0 Å². The molecule has 0 aliphatic rings. The molecule has 5 heteroatoms. The van der Waals surface area contributed by atoms with Crippen LogP contribution in [0.2, 0.25) is 0 Å². The highest BCUT2D eigenvalue weighted by molar-refractivity contribution is 7.80. The average Bonchev–Trinajstić information content (AvgIpc) is 1.82. The van der Waals surface area contributed by atoms with Crippen molar-refractivity contribution in [3.8, 4) is 0 Å². The minimum absolute atomic E-state index is 0. The lowest BCUT2D eigenvalue weighted by Crippen LogP contribution is -1.91. The van der Waals surface area contributed by atoms with E-state index in [-0.39, 0.29) is 23.0 Å². The summed E-state index contributed by atoms with van der Waals surface area (Å²) >= 11 is 3.69. The van der Waals surface area contributed by atoms with Crippen molar-refractivity contribution in [2.45, 2.75) is 4.90 Å². The van der Waals surface area contributed by atoms with Crippen LogP contribution in [-0.2, 0) is 0 Å². The number of hydrogen-bond acceptors (Lipinski definition) is 2. The Morgan fingerprint density at radius 2 is 1.82 bits per heavy atom. The lowest BCUT2D eigenvalue weighted by molar-refractivity contribution is 0.568. The summed E-state index contributed by atoms with van der Waals surface area (Å²) in [6.45, 7) is 0. The van der Waals surface area contributed by atoms with Crippen LogP contribution in [0.3, 0.4) is 0 Å². The molecule has 0 aliphatic carbocycles. The molecule has 1 aromatic carbocycles. The topological polar surface area (TPSA) is 26.0 Å². The number of thiol groups is 1. The van der Waals surface area contributed by atoms with Crippen molar-refractivity contribution in [1.82, 2.24) is 0 Å². The lowest BCUT2D eigenvalue weighted by Gasteiger charge is -1.98. The SMILES string of the molecule is Cl.Nc1cc(F)cc(F)c1S. The molecular formula is C6H6ClF2NS. The number of hydrogen-bond donors (Lipinski definition) is 2. The van der Waals surface area contributed by atoms with Gasteiger partial charge >= 0.3 is 0 Å². The molecule has 0 unspecified atom stereocenters. The highest BCUT2D eigenvalue weighted by Crippen LogP contribution is 2.20. The molecule has 0 spiro atoms. The molecule has 0 radical (unpaired) electrons. The second-order valence-corrected chi connectivity index (χ2v) is 2.27. The van der Waals surface area contributed by atoms with Crippen LogP contribution >= 0.6 is 25.0 Å². The summed E-state index contributed by atoms with van der Waals surface area (Å²) in [5.41, 5.74) is 5.18. The maximum Gasteiger partial charge on any atom is 0.141 e. The predicted molar refractivity (Wildman–Crippen MR) is 45.3 cm³/mol. The first kappa shape index (κ1) is 10.5. The lowest BCUT2D eigenvalue weighted by atomic mass is 10.3. The molecule has 0 saturated heterocycles. The van der Waals surface area contributed by atoms with E-state index in [2.05, 4.69) is 12.6 Å². The van der Waals surface area contributed by atoms with Crippen LogP contribution in [0.4, 0.5) is 14.5 Å². The maximum absolute atomic E-state index is 12.4. The fourth-order valence-corrected chi connectivity index (χ4v) is 0.715. The number of halogens is 3. The summed E-state index contributed by atoms with van der Waals surface area (Å²) in [6.07, 6.45) is 0. The Kier molecular flexibility index (Phi) is 3.62. The monoisotopic (exact) mass is 197 g/mol. The van der Waals surface area contributed by atoms with Crippen molar-refractivity contribution < 1.29 is 8.78 Å². The van der Waals surface area contributed by atoms with E-state index < -0.39 is 11.6 Å². The predicted octanol–water partition coefficient (Wildman–Crippen LogP) is 2.26. The summed E-state index contributed by atoms with van der Waals surface area (Å²) in [4.78, 5) is -0.0126. The van der Waals surface area contributed by atoms with Crippen molar-refractivity contribution in [1.29, 1.82) is 0 Å². The Hall–Kier alpha value is -0.480. The molecule has 0 atom stereocenters. The van der Waals surface area contributed by atoms with E-state index in [0.717, 1.165) is 12.1 Å². The quantitative estimate of drug-likeness (QED) is 0.484. The molecule has 1 aromatic rings. The number of nitrogen functional groups attached to an aromatic ring is 1. The van der Waals surface area contributed by atoms with E-state index >= 15 is 0 Å². The van der Waals surface area contributed by atoms with Gasteiger partial charge in [0.05, 0.1) is 10.6 Å². The third-order valence-electron chi connectivity index (χ3n) is 1.06. The van der Waals surface area contributed by atoms with Gasteiger partial charge in [0.15, 0.2) is 0 Å². The van der Waals surface area contributed by atoms with E-state index in [1.54, 1.807) is 0 Å². The zero-order valence-electron chi connectivity index (χ0n) is 5.34. The van der Waals surface area contributed by atoms with Crippen molar-refractivity contribution in [2.75, 3.05) is 5.73 Å². The van der Waals surface area contributed by atoms with Gasteiger partial charge in [0, 0.05) is 6.07 Å². The van der Waals surface area contributed by atoms with Crippen molar-refractivity contribution in [3.05, 3.63) is 23.8 Å². The Morgan fingerprint density at radius 3 is 2.27 bits per heavy atom. The van der Waals surface area contributed by atoms with E-state index in [1.165, 1.54) is 0 Å². The number of benzene rings is 1. The Balaban J connectivity index is 0.000001000. The van der Waals surface area contributed by atoms with Crippen LogP contribution in [0.25, 0.3) is 0 Å². The molecule has 0 bridgehead atoms. The number of nitrogens with two attached hydrogens (primary N) is 1. The van der Waals surface area contributed by atoms with Crippen LogP contribution in [0.1, 0.15) is 0 Å². The van der Waals surface area contributed by atoms with Gasteiger partial charge in [-0.3, -0.25) is 0 Å². The third kappa shape index (κ3) is 2.24. The molecule has 11 heavy (non-hydrogen) atoms. The third-order valence-corrected chi connectivity index (χ3v) is 1.53. The maximum atomic E-state index is 12.4. The number of rotatable bonds is 0. The average molecular weight is 198 g/mol. The van der Waals surface area contributed by atoms with Crippen molar-refractivity contribution >= 4 is 30.7 Å². The van der Waals surface area contributed by atoms with Crippen LogP contribution in [0, 0.1) is 11.6 Å². The molecule has 0 fully saturated rings. The first-order chi connectivity index (χ1) is 4.61. The molecule has 1 rings (SSSR count). The van der Waals surface area contributed by atoms with Gasteiger partial charge < -0.3 is 5.73 Å². The Labute approximate surface area is 74.4 Å². The fourth-order valence-electron chi connectivity index (χ4n) is 0.586. The molecule has 2 N–H and O–H groups in total. The Bertz CT molecular complexity index is 244. The van der Waals surface area contributed by atoms with Crippen LogP contribution in [-0.4, -0.2) is 0 Å². The van der Waals surface area contributed by atoms with E-state index in [0.29, 0.717) is 0 Å². The van der Waals surface area contributed by atoms with Gasteiger partial charge in [-0.2, -0.15) is 0 Å².